The zero-order valence-corrected chi connectivity index (χ0v) is 18.0. The van der Waals surface area contributed by atoms with Crippen molar-refractivity contribution in [2.45, 2.75) is 25.3 Å². The molecule has 30 heavy (non-hydrogen) atoms. The third kappa shape index (κ3) is 5.37. The molecule has 0 aromatic carbocycles. The van der Waals surface area contributed by atoms with Crippen LogP contribution in [0.1, 0.15) is 29.6 Å². The second-order valence-electron chi connectivity index (χ2n) is 7.91. The predicted octanol–water partition coefficient (Wildman–Crippen LogP) is 2.08. The fraction of sp³-hybridized carbons (Fsp3) is 0.500. The summed E-state index contributed by atoms with van der Waals surface area (Å²) in [6.45, 7) is 5.82. The summed E-state index contributed by atoms with van der Waals surface area (Å²) in [5, 5.41) is 6.94. The van der Waals surface area contributed by atoms with Gasteiger partial charge in [-0.25, -0.2) is 4.98 Å². The quantitative estimate of drug-likeness (QED) is 0.765. The second kappa shape index (κ2) is 10.0. The van der Waals surface area contributed by atoms with Crippen molar-refractivity contribution in [3.05, 3.63) is 46.8 Å². The average Bonchev–Trinajstić information content (AvgIpc) is 3.34. The van der Waals surface area contributed by atoms with E-state index in [9.17, 15) is 9.59 Å². The van der Waals surface area contributed by atoms with Gasteiger partial charge < -0.3 is 20.0 Å². The first-order valence-corrected chi connectivity index (χ1v) is 11.6. The van der Waals surface area contributed by atoms with Crippen LogP contribution >= 0.6 is 11.3 Å². The molecule has 2 fully saturated rings. The van der Waals surface area contributed by atoms with E-state index in [-0.39, 0.29) is 17.9 Å². The maximum atomic E-state index is 12.6. The van der Waals surface area contributed by atoms with Gasteiger partial charge in [-0.3, -0.25) is 9.59 Å². The van der Waals surface area contributed by atoms with Gasteiger partial charge in [0.1, 0.15) is 5.82 Å². The monoisotopic (exact) mass is 427 g/mol. The molecule has 0 bridgehead atoms. The highest BCUT2D eigenvalue weighted by atomic mass is 32.1. The van der Waals surface area contributed by atoms with Crippen molar-refractivity contribution in [3.8, 4) is 0 Å². The Morgan fingerprint density at radius 1 is 1.07 bits per heavy atom. The Hall–Kier alpha value is -2.45. The Morgan fingerprint density at radius 2 is 1.87 bits per heavy atom. The summed E-state index contributed by atoms with van der Waals surface area (Å²) in [6.07, 6.45) is 4.25. The van der Waals surface area contributed by atoms with Crippen molar-refractivity contribution >= 4 is 29.0 Å². The van der Waals surface area contributed by atoms with E-state index < -0.39 is 0 Å². The van der Waals surface area contributed by atoms with Gasteiger partial charge >= 0.3 is 0 Å². The molecule has 7 nitrogen and oxygen atoms in total. The van der Waals surface area contributed by atoms with Gasteiger partial charge in [0.2, 0.25) is 5.91 Å². The molecule has 0 saturated carbocycles. The number of amides is 2. The summed E-state index contributed by atoms with van der Waals surface area (Å²) in [4.78, 5) is 35.8. The molecule has 2 saturated heterocycles. The second-order valence-corrected chi connectivity index (χ2v) is 8.69. The number of rotatable bonds is 6. The number of hydrogen-bond donors (Lipinski definition) is 1. The number of aromatic nitrogens is 1. The molecule has 0 aliphatic carbocycles. The molecule has 1 N–H and O–H groups in total. The van der Waals surface area contributed by atoms with Gasteiger partial charge in [0.15, 0.2) is 0 Å². The van der Waals surface area contributed by atoms with Crippen molar-refractivity contribution in [3.63, 3.8) is 0 Å². The van der Waals surface area contributed by atoms with E-state index in [1.165, 1.54) is 11.3 Å². The molecular formula is C22H29N5O2S. The Bertz CT molecular complexity index is 813. The molecule has 2 aromatic heterocycles. The maximum absolute atomic E-state index is 12.6. The first-order chi connectivity index (χ1) is 14.7. The van der Waals surface area contributed by atoms with Crippen LogP contribution in [0.25, 0.3) is 0 Å². The van der Waals surface area contributed by atoms with Crippen molar-refractivity contribution in [2.24, 2.45) is 0 Å². The number of piperazine rings is 1. The predicted molar refractivity (Wildman–Crippen MR) is 119 cm³/mol. The van der Waals surface area contributed by atoms with Crippen LogP contribution in [0.5, 0.6) is 0 Å². The molecule has 2 aliphatic heterocycles. The highest BCUT2D eigenvalue weighted by Crippen LogP contribution is 2.15. The third-order valence-electron chi connectivity index (χ3n) is 5.95. The lowest BCUT2D eigenvalue weighted by Gasteiger charge is -2.36. The van der Waals surface area contributed by atoms with Gasteiger partial charge in [-0.15, -0.1) is 0 Å². The standard InChI is InChI=1S/C22H29N5O2S/c28-21(27-14-12-26(13-15-27)20-3-1-2-8-23-20)6-11-25-9-4-19(5-10-25)24-22(29)18-7-16-30-17-18/h1-3,7-8,16-17,19H,4-6,9-15H2,(H,24,29). The van der Waals surface area contributed by atoms with Crippen molar-refractivity contribution in [1.29, 1.82) is 0 Å². The third-order valence-corrected chi connectivity index (χ3v) is 6.64. The van der Waals surface area contributed by atoms with Gasteiger partial charge in [0.05, 0.1) is 0 Å². The number of anilines is 1. The van der Waals surface area contributed by atoms with E-state index in [0.29, 0.717) is 6.42 Å². The lowest BCUT2D eigenvalue weighted by molar-refractivity contribution is -0.131. The average molecular weight is 428 g/mol. The summed E-state index contributed by atoms with van der Waals surface area (Å²) in [5.74, 6) is 1.25. The highest BCUT2D eigenvalue weighted by Gasteiger charge is 2.24. The first kappa shape index (κ1) is 20.8. The van der Waals surface area contributed by atoms with E-state index in [1.807, 2.05) is 46.1 Å². The van der Waals surface area contributed by atoms with E-state index >= 15 is 0 Å². The van der Waals surface area contributed by atoms with Crippen LogP contribution in [0.2, 0.25) is 0 Å². The van der Waals surface area contributed by atoms with E-state index in [4.69, 9.17) is 0 Å². The number of pyridine rings is 1. The molecule has 2 amide bonds. The minimum absolute atomic E-state index is 0.0229. The summed E-state index contributed by atoms with van der Waals surface area (Å²) < 4.78 is 0. The Balaban J connectivity index is 1.14. The number of nitrogens with one attached hydrogen (secondary N) is 1. The molecular weight excluding hydrogens is 398 g/mol. The number of carbonyl (C=O) groups excluding carboxylic acids is 2. The zero-order chi connectivity index (χ0) is 20.8. The molecule has 2 aromatic rings. The highest BCUT2D eigenvalue weighted by molar-refractivity contribution is 7.08. The van der Waals surface area contributed by atoms with Crippen LogP contribution in [0.4, 0.5) is 5.82 Å². The van der Waals surface area contributed by atoms with Gasteiger partial charge in [-0.2, -0.15) is 11.3 Å². The number of piperidine rings is 1. The fourth-order valence-corrected chi connectivity index (χ4v) is 4.74. The van der Waals surface area contributed by atoms with Gasteiger partial charge in [0.25, 0.3) is 5.91 Å². The van der Waals surface area contributed by atoms with Gasteiger partial charge in [-0.05, 0) is 36.4 Å². The molecule has 4 heterocycles. The van der Waals surface area contributed by atoms with Gasteiger partial charge in [-0.1, -0.05) is 6.07 Å². The number of thiophene rings is 1. The van der Waals surface area contributed by atoms with Crippen LogP contribution in [-0.4, -0.2) is 78.5 Å². The number of hydrogen-bond acceptors (Lipinski definition) is 6. The first-order valence-electron chi connectivity index (χ1n) is 10.7. The molecule has 0 unspecified atom stereocenters. The molecule has 0 spiro atoms. The number of carbonyl (C=O) groups is 2. The van der Waals surface area contributed by atoms with Crippen LogP contribution in [-0.2, 0) is 4.79 Å². The minimum Gasteiger partial charge on any atom is -0.353 e. The summed E-state index contributed by atoms with van der Waals surface area (Å²) >= 11 is 1.54. The van der Waals surface area contributed by atoms with Crippen LogP contribution in [0, 0.1) is 0 Å². The van der Waals surface area contributed by atoms with Crippen LogP contribution in [0.3, 0.4) is 0 Å². The minimum atomic E-state index is 0.0229. The summed E-state index contributed by atoms with van der Waals surface area (Å²) in [5.41, 5.74) is 0.746. The zero-order valence-electron chi connectivity index (χ0n) is 17.2. The Kier molecular flexibility index (Phi) is 6.96. The molecule has 0 radical (unpaired) electrons. The topological polar surface area (TPSA) is 68.8 Å². The summed E-state index contributed by atoms with van der Waals surface area (Å²) in [7, 11) is 0. The van der Waals surface area contributed by atoms with E-state index in [1.54, 1.807) is 0 Å². The largest absolute Gasteiger partial charge is 0.353 e. The normalized spacial score (nSPS) is 18.4. The van der Waals surface area contributed by atoms with E-state index in [2.05, 4.69) is 20.1 Å². The lowest BCUT2D eigenvalue weighted by Crippen LogP contribution is -2.50. The molecule has 8 heteroatoms. The number of nitrogens with zero attached hydrogens (tertiary/aromatic N) is 4. The van der Waals surface area contributed by atoms with Crippen molar-refractivity contribution in [1.82, 2.24) is 20.1 Å². The molecule has 2 aliphatic rings. The fourth-order valence-electron chi connectivity index (χ4n) is 4.10. The van der Waals surface area contributed by atoms with Crippen LogP contribution < -0.4 is 10.2 Å². The Morgan fingerprint density at radius 3 is 2.53 bits per heavy atom. The maximum Gasteiger partial charge on any atom is 0.252 e. The van der Waals surface area contributed by atoms with Crippen molar-refractivity contribution < 1.29 is 9.59 Å². The molecule has 0 atom stereocenters. The SMILES string of the molecule is O=C(NC1CCN(CCC(=O)N2CCN(c3ccccn3)CC2)CC1)c1ccsc1. The lowest BCUT2D eigenvalue weighted by atomic mass is 10.0. The Labute approximate surface area is 181 Å². The van der Waals surface area contributed by atoms with Gasteiger partial charge in [0, 0.05) is 75.4 Å². The van der Waals surface area contributed by atoms with E-state index in [0.717, 1.165) is 70.0 Å². The smallest absolute Gasteiger partial charge is 0.252 e. The molecule has 4 rings (SSSR count). The number of likely N-dealkylation sites (tertiary alicyclic amines) is 1. The van der Waals surface area contributed by atoms with Crippen molar-refractivity contribution in [2.75, 3.05) is 50.7 Å². The summed E-state index contributed by atoms with van der Waals surface area (Å²) in [6, 6.07) is 8.02. The molecule has 160 valence electrons. The van der Waals surface area contributed by atoms with Crippen LogP contribution in [0.15, 0.2) is 41.2 Å².